The molecule has 0 aliphatic carbocycles. The maximum atomic E-state index is 13.4. The van der Waals surface area contributed by atoms with Crippen molar-refractivity contribution in [2.75, 3.05) is 40.7 Å². The van der Waals surface area contributed by atoms with Crippen LogP contribution in [0.25, 0.3) is 22.2 Å². The lowest BCUT2D eigenvalue weighted by Crippen LogP contribution is -2.26. The number of para-hydroxylation sites is 2. The van der Waals surface area contributed by atoms with Crippen LogP contribution in [0, 0.1) is 0 Å². The zero-order chi connectivity index (χ0) is 28.9. The first-order valence-corrected chi connectivity index (χ1v) is 12.8. The standard InChI is InChI=1S/C30H30N6O5/c1-38-20-11-9-18(10-12-20)13-14-32-30(37)25-26-29(35-22-8-6-5-7-21(22)34-26)36(28(25)31)33-17-19-15-23(39-2)27(41-4)24(16-19)40-3/h5-12,15-17H,13-14,31H2,1-4H3,(H,32,37)/b33-17+. The second-order valence-corrected chi connectivity index (χ2v) is 9.01. The highest BCUT2D eigenvalue weighted by Crippen LogP contribution is 2.38. The van der Waals surface area contributed by atoms with Gasteiger partial charge in [0.25, 0.3) is 5.91 Å². The lowest BCUT2D eigenvalue weighted by molar-refractivity contribution is 0.0956. The van der Waals surface area contributed by atoms with Crippen molar-refractivity contribution in [2.24, 2.45) is 5.10 Å². The lowest BCUT2D eigenvalue weighted by atomic mass is 10.1. The number of nitrogens with two attached hydrogens (primary N) is 1. The normalized spacial score (nSPS) is 11.2. The molecule has 0 unspecified atom stereocenters. The van der Waals surface area contributed by atoms with E-state index in [2.05, 4.69) is 10.4 Å². The first-order chi connectivity index (χ1) is 20.0. The predicted octanol–water partition coefficient (Wildman–Crippen LogP) is 4.06. The maximum Gasteiger partial charge on any atom is 0.257 e. The maximum absolute atomic E-state index is 13.4. The molecule has 5 aromatic rings. The molecule has 0 bridgehead atoms. The average molecular weight is 555 g/mol. The summed E-state index contributed by atoms with van der Waals surface area (Å²) < 4.78 is 22.9. The Labute approximate surface area is 236 Å². The Morgan fingerprint density at radius 1 is 0.927 bits per heavy atom. The Hall–Kier alpha value is -5.32. The van der Waals surface area contributed by atoms with E-state index in [4.69, 9.17) is 34.6 Å². The van der Waals surface area contributed by atoms with Gasteiger partial charge in [-0.15, -0.1) is 0 Å². The number of benzene rings is 3. The van der Waals surface area contributed by atoms with Gasteiger partial charge in [-0.2, -0.15) is 9.78 Å². The molecular formula is C30H30N6O5. The Morgan fingerprint density at radius 2 is 1.59 bits per heavy atom. The van der Waals surface area contributed by atoms with E-state index < -0.39 is 0 Å². The van der Waals surface area contributed by atoms with Crippen molar-refractivity contribution >= 4 is 40.1 Å². The first kappa shape index (κ1) is 27.3. The van der Waals surface area contributed by atoms with Crippen molar-refractivity contribution in [3.8, 4) is 23.0 Å². The number of hydrogen-bond donors (Lipinski definition) is 2. The summed E-state index contributed by atoms with van der Waals surface area (Å²) in [7, 11) is 6.23. The van der Waals surface area contributed by atoms with E-state index in [1.165, 1.54) is 26.0 Å². The van der Waals surface area contributed by atoms with Crippen LogP contribution in [-0.2, 0) is 6.42 Å². The van der Waals surface area contributed by atoms with E-state index in [-0.39, 0.29) is 17.3 Å². The molecule has 0 aliphatic heterocycles. The van der Waals surface area contributed by atoms with Gasteiger partial charge in [-0.25, -0.2) is 9.97 Å². The number of rotatable bonds is 10. The molecule has 3 N–H and O–H groups in total. The van der Waals surface area contributed by atoms with Gasteiger partial charge in [-0.3, -0.25) is 4.79 Å². The van der Waals surface area contributed by atoms with Crippen LogP contribution in [-0.4, -0.2) is 61.7 Å². The Balaban J connectivity index is 1.51. The van der Waals surface area contributed by atoms with Gasteiger partial charge in [0.2, 0.25) is 5.75 Å². The monoisotopic (exact) mass is 554 g/mol. The van der Waals surface area contributed by atoms with Crippen molar-refractivity contribution in [3.05, 3.63) is 77.4 Å². The Morgan fingerprint density at radius 3 is 2.20 bits per heavy atom. The highest BCUT2D eigenvalue weighted by atomic mass is 16.5. The number of nitrogens with one attached hydrogen (secondary N) is 1. The number of hydrogen-bond acceptors (Lipinski definition) is 9. The number of carbonyl (C=O) groups is 1. The van der Waals surface area contributed by atoms with Gasteiger partial charge in [-0.1, -0.05) is 24.3 Å². The zero-order valence-electron chi connectivity index (χ0n) is 23.2. The number of anilines is 1. The van der Waals surface area contributed by atoms with E-state index in [1.807, 2.05) is 48.5 Å². The van der Waals surface area contributed by atoms with E-state index in [0.717, 1.165) is 11.3 Å². The zero-order valence-corrected chi connectivity index (χ0v) is 23.2. The van der Waals surface area contributed by atoms with Crippen molar-refractivity contribution in [1.29, 1.82) is 0 Å². The van der Waals surface area contributed by atoms with Crippen molar-refractivity contribution < 1.29 is 23.7 Å². The molecule has 11 heteroatoms. The molecule has 0 aliphatic rings. The summed E-state index contributed by atoms with van der Waals surface area (Å²) in [5, 5.41) is 7.54. The van der Waals surface area contributed by atoms with Gasteiger partial charge in [0.1, 0.15) is 22.6 Å². The summed E-state index contributed by atoms with van der Waals surface area (Å²) in [4.78, 5) is 22.9. The fourth-order valence-corrected chi connectivity index (χ4v) is 4.49. The molecule has 210 valence electrons. The molecule has 5 rings (SSSR count). The average Bonchev–Trinajstić information content (AvgIpc) is 3.27. The topological polar surface area (TPSA) is 135 Å². The van der Waals surface area contributed by atoms with Crippen LogP contribution in [0.3, 0.4) is 0 Å². The number of nitrogens with zero attached hydrogens (tertiary/aromatic N) is 4. The summed E-state index contributed by atoms with van der Waals surface area (Å²) in [6.07, 6.45) is 2.20. The third-order valence-electron chi connectivity index (χ3n) is 6.57. The van der Waals surface area contributed by atoms with E-state index in [1.54, 1.807) is 25.5 Å². The molecule has 0 fully saturated rings. The molecule has 11 nitrogen and oxygen atoms in total. The molecule has 0 saturated carbocycles. The van der Waals surface area contributed by atoms with Crippen LogP contribution in [0.4, 0.5) is 5.82 Å². The fraction of sp³-hybridized carbons (Fsp3) is 0.200. The number of fused-ring (bicyclic) bond motifs is 2. The van der Waals surface area contributed by atoms with E-state index >= 15 is 0 Å². The summed E-state index contributed by atoms with van der Waals surface area (Å²) in [5.74, 6) is 1.93. The summed E-state index contributed by atoms with van der Waals surface area (Å²) in [6, 6.07) is 18.6. The quantitative estimate of drug-likeness (QED) is 0.247. The highest BCUT2D eigenvalue weighted by Gasteiger charge is 2.24. The number of carbonyl (C=O) groups excluding carboxylic acids is 1. The number of nitrogen functional groups attached to an aromatic ring is 1. The summed E-state index contributed by atoms with van der Waals surface area (Å²) in [6.45, 7) is 0.396. The summed E-state index contributed by atoms with van der Waals surface area (Å²) >= 11 is 0. The summed E-state index contributed by atoms with van der Waals surface area (Å²) in [5.41, 5.74) is 10.4. The molecule has 2 heterocycles. The SMILES string of the molecule is COc1ccc(CCNC(=O)c2c(N)n(/N=C/c3cc(OC)c(OC)c(OC)c3)c3nc4ccccc4nc23)cc1. The van der Waals surface area contributed by atoms with Gasteiger partial charge >= 0.3 is 0 Å². The van der Waals surface area contributed by atoms with Gasteiger partial charge in [0.15, 0.2) is 17.1 Å². The van der Waals surface area contributed by atoms with E-state index in [9.17, 15) is 4.79 Å². The highest BCUT2D eigenvalue weighted by molar-refractivity contribution is 6.10. The van der Waals surface area contributed by atoms with E-state index in [0.29, 0.717) is 58.0 Å². The van der Waals surface area contributed by atoms with Gasteiger partial charge < -0.3 is 30.0 Å². The fourth-order valence-electron chi connectivity index (χ4n) is 4.49. The lowest BCUT2D eigenvalue weighted by Gasteiger charge is -2.12. The van der Waals surface area contributed by atoms with Crippen LogP contribution in [0.1, 0.15) is 21.5 Å². The molecule has 0 radical (unpaired) electrons. The van der Waals surface area contributed by atoms with Crippen molar-refractivity contribution in [2.45, 2.75) is 6.42 Å². The minimum Gasteiger partial charge on any atom is -0.497 e. The Bertz CT molecular complexity index is 1720. The largest absolute Gasteiger partial charge is 0.497 e. The minimum absolute atomic E-state index is 0.112. The molecule has 0 spiro atoms. The second-order valence-electron chi connectivity index (χ2n) is 9.01. The predicted molar refractivity (Wildman–Crippen MR) is 158 cm³/mol. The molecular weight excluding hydrogens is 524 g/mol. The van der Waals surface area contributed by atoms with Crippen LogP contribution in [0.15, 0.2) is 65.8 Å². The molecule has 1 amide bonds. The third kappa shape index (κ3) is 5.42. The van der Waals surface area contributed by atoms with Crippen LogP contribution >= 0.6 is 0 Å². The number of amides is 1. The van der Waals surface area contributed by atoms with Crippen molar-refractivity contribution in [1.82, 2.24) is 20.0 Å². The van der Waals surface area contributed by atoms with Crippen LogP contribution < -0.4 is 30.0 Å². The third-order valence-corrected chi connectivity index (χ3v) is 6.57. The minimum atomic E-state index is -0.368. The molecule has 3 aromatic carbocycles. The molecule has 0 saturated heterocycles. The van der Waals surface area contributed by atoms with Crippen LogP contribution in [0.5, 0.6) is 23.0 Å². The Kier molecular flexibility index (Phi) is 7.86. The van der Waals surface area contributed by atoms with Gasteiger partial charge in [-0.05, 0) is 48.4 Å². The van der Waals surface area contributed by atoms with Gasteiger partial charge in [0, 0.05) is 12.1 Å². The molecule has 0 atom stereocenters. The molecule has 41 heavy (non-hydrogen) atoms. The first-order valence-electron chi connectivity index (χ1n) is 12.8. The number of methoxy groups -OCH3 is 4. The second kappa shape index (κ2) is 11.8. The van der Waals surface area contributed by atoms with Gasteiger partial charge in [0.05, 0.1) is 45.7 Å². The molecule has 2 aromatic heterocycles. The van der Waals surface area contributed by atoms with Crippen molar-refractivity contribution in [3.63, 3.8) is 0 Å². The van der Waals surface area contributed by atoms with Crippen LogP contribution in [0.2, 0.25) is 0 Å². The smallest absolute Gasteiger partial charge is 0.257 e. The number of aromatic nitrogens is 3. The number of ether oxygens (including phenoxy) is 4.